The zero-order chi connectivity index (χ0) is 15.1. The monoisotopic (exact) mass is 305 g/mol. The Morgan fingerprint density at radius 2 is 2.24 bits per heavy atom. The van der Waals surface area contributed by atoms with Crippen LogP contribution >= 0.6 is 11.6 Å². The summed E-state index contributed by atoms with van der Waals surface area (Å²) < 4.78 is 1.72. The molecule has 108 valence electrons. The molecule has 3 rings (SSSR count). The molecule has 2 aromatic heterocycles. The fourth-order valence-corrected chi connectivity index (χ4v) is 2.60. The van der Waals surface area contributed by atoms with Gasteiger partial charge in [0, 0.05) is 17.1 Å². The van der Waals surface area contributed by atoms with E-state index in [-0.39, 0.29) is 24.0 Å². The lowest BCUT2D eigenvalue weighted by Gasteiger charge is -2.04. The average molecular weight is 306 g/mol. The first-order chi connectivity index (χ1) is 9.97. The van der Waals surface area contributed by atoms with Crippen LogP contribution in [0.3, 0.4) is 0 Å². The molecule has 0 unspecified atom stereocenters. The van der Waals surface area contributed by atoms with Crippen molar-refractivity contribution in [3.63, 3.8) is 0 Å². The number of nitrogens with one attached hydrogen (secondary N) is 1. The Bertz CT molecular complexity index is 926. The number of hydrogen-bond acceptors (Lipinski definition) is 3. The second kappa shape index (κ2) is 4.89. The molecular formula is C14H12ClN3O3. The van der Waals surface area contributed by atoms with Gasteiger partial charge < -0.3 is 10.1 Å². The fraction of sp³-hybridized carbons (Fsp3) is 0.214. The third kappa shape index (κ3) is 2.27. The Morgan fingerprint density at radius 1 is 1.48 bits per heavy atom. The molecule has 2 heterocycles. The van der Waals surface area contributed by atoms with E-state index in [1.165, 1.54) is 0 Å². The van der Waals surface area contributed by atoms with E-state index in [4.69, 9.17) is 16.7 Å². The Morgan fingerprint density at radius 3 is 2.95 bits per heavy atom. The summed E-state index contributed by atoms with van der Waals surface area (Å²) in [5.41, 5.74) is 2.70. The van der Waals surface area contributed by atoms with Crippen molar-refractivity contribution in [2.24, 2.45) is 0 Å². The topological polar surface area (TPSA) is 87.5 Å². The molecule has 0 spiro atoms. The Balaban J connectivity index is 2.32. The predicted molar refractivity (Wildman–Crippen MR) is 79.0 cm³/mol. The molecular weight excluding hydrogens is 294 g/mol. The smallest absolute Gasteiger partial charge is 0.303 e. The number of aromatic nitrogens is 3. The first-order valence-corrected chi connectivity index (χ1v) is 6.76. The number of aryl methyl sites for hydroxylation is 2. The minimum Gasteiger partial charge on any atom is -0.481 e. The quantitative estimate of drug-likeness (QED) is 0.776. The van der Waals surface area contributed by atoms with E-state index >= 15 is 0 Å². The number of carbonyl (C=O) groups is 1. The van der Waals surface area contributed by atoms with E-state index in [0.717, 1.165) is 11.2 Å². The second-order valence-corrected chi connectivity index (χ2v) is 5.25. The van der Waals surface area contributed by atoms with Gasteiger partial charge in [0.1, 0.15) is 0 Å². The van der Waals surface area contributed by atoms with Crippen LogP contribution in [-0.4, -0.2) is 25.4 Å². The molecule has 0 aliphatic heterocycles. The largest absolute Gasteiger partial charge is 0.481 e. The highest BCUT2D eigenvalue weighted by molar-refractivity contribution is 6.31. The van der Waals surface area contributed by atoms with E-state index in [1.54, 1.807) is 22.6 Å². The van der Waals surface area contributed by atoms with Gasteiger partial charge in [0.05, 0.1) is 23.1 Å². The van der Waals surface area contributed by atoms with Gasteiger partial charge in [0.2, 0.25) is 5.65 Å². The third-order valence-corrected chi connectivity index (χ3v) is 3.67. The number of imidazole rings is 1. The number of nitrogens with zero attached hydrogens (tertiary/aromatic N) is 2. The number of carboxylic acid groups (broad SMARTS) is 1. The summed E-state index contributed by atoms with van der Waals surface area (Å²) >= 11 is 6.02. The SMILES string of the molecule is Cc1c(CCC(=O)O)nc2c(=O)[nH]c3ccc(Cl)cc3n12. The maximum absolute atomic E-state index is 12.1. The van der Waals surface area contributed by atoms with Crippen molar-refractivity contribution >= 4 is 34.3 Å². The fourth-order valence-electron chi connectivity index (χ4n) is 2.43. The van der Waals surface area contributed by atoms with Crippen molar-refractivity contribution in [1.82, 2.24) is 14.4 Å². The summed E-state index contributed by atoms with van der Waals surface area (Å²) in [5.74, 6) is -0.895. The van der Waals surface area contributed by atoms with E-state index in [1.807, 2.05) is 6.92 Å². The molecule has 0 fully saturated rings. The van der Waals surface area contributed by atoms with E-state index in [2.05, 4.69) is 9.97 Å². The number of hydrogen-bond donors (Lipinski definition) is 2. The van der Waals surface area contributed by atoms with Crippen LogP contribution in [0.15, 0.2) is 23.0 Å². The van der Waals surface area contributed by atoms with Crippen LogP contribution in [0, 0.1) is 6.92 Å². The molecule has 21 heavy (non-hydrogen) atoms. The lowest BCUT2D eigenvalue weighted by Crippen LogP contribution is -2.11. The minimum atomic E-state index is -0.895. The highest BCUT2D eigenvalue weighted by Crippen LogP contribution is 2.21. The van der Waals surface area contributed by atoms with Gasteiger partial charge in [0.25, 0.3) is 5.56 Å². The van der Waals surface area contributed by atoms with Crippen LogP contribution in [0.2, 0.25) is 5.02 Å². The van der Waals surface area contributed by atoms with Crippen LogP contribution in [0.1, 0.15) is 17.8 Å². The summed E-state index contributed by atoms with van der Waals surface area (Å²) in [7, 11) is 0. The van der Waals surface area contributed by atoms with Gasteiger partial charge in [0.15, 0.2) is 0 Å². The van der Waals surface area contributed by atoms with Gasteiger partial charge in [-0.25, -0.2) is 4.98 Å². The Labute approximate surface area is 124 Å². The zero-order valence-electron chi connectivity index (χ0n) is 11.2. The lowest BCUT2D eigenvalue weighted by atomic mass is 10.2. The van der Waals surface area contributed by atoms with Gasteiger partial charge in [-0.1, -0.05) is 11.6 Å². The summed E-state index contributed by atoms with van der Waals surface area (Å²) in [5, 5.41) is 9.34. The second-order valence-electron chi connectivity index (χ2n) is 4.81. The highest BCUT2D eigenvalue weighted by atomic mass is 35.5. The van der Waals surface area contributed by atoms with E-state index in [9.17, 15) is 9.59 Å². The van der Waals surface area contributed by atoms with Crippen molar-refractivity contribution in [2.75, 3.05) is 0 Å². The number of halogens is 1. The maximum Gasteiger partial charge on any atom is 0.303 e. The van der Waals surface area contributed by atoms with E-state index in [0.29, 0.717) is 16.2 Å². The normalized spacial score (nSPS) is 11.3. The summed E-state index contributed by atoms with van der Waals surface area (Å²) in [6.07, 6.45) is 0.256. The van der Waals surface area contributed by atoms with Gasteiger partial charge in [-0.05, 0) is 25.1 Å². The van der Waals surface area contributed by atoms with Crippen molar-refractivity contribution < 1.29 is 9.90 Å². The van der Waals surface area contributed by atoms with E-state index < -0.39 is 5.97 Å². The van der Waals surface area contributed by atoms with Gasteiger partial charge in [-0.15, -0.1) is 0 Å². The Kier molecular flexibility index (Phi) is 3.17. The molecule has 0 saturated carbocycles. The van der Waals surface area contributed by atoms with Crippen LogP contribution in [-0.2, 0) is 11.2 Å². The molecule has 0 atom stereocenters. The van der Waals surface area contributed by atoms with Crippen LogP contribution in [0.4, 0.5) is 0 Å². The molecule has 0 bridgehead atoms. The number of fused-ring (bicyclic) bond motifs is 3. The summed E-state index contributed by atoms with van der Waals surface area (Å²) in [4.78, 5) is 29.8. The molecule has 1 aromatic carbocycles. The molecule has 0 aliphatic carbocycles. The average Bonchev–Trinajstić information content (AvgIpc) is 2.76. The van der Waals surface area contributed by atoms with Gasteiger partial charge in [-0.2, -0.15) is 0 Å². The van der Waals surface area contributed by atoms with Crippen molar-refractivity contribution in [3.8, 4) is 0 Å². The third-order valence-electron chi connectivity index (χ3n) is 3.43. The summed E-state index contributed by atoms with van der Waals surface area (Å²) in [6, 6.07) is 5.17. The molecule has 6 nitrogen and oxygen atoms in total. The van der Waals surface area contributed by atoms with Crippen LogP contribution < -0.4 is 5.56 Å². The van der Waals surface area contributed by atoms with Crippen molar-refractivity contribution in [1.29, 1.82) is 0 Å². The molecule has 0 aliphatic rings. The standard InChI is InChI=1S/C14H12ClN3O3/c1-7-9(4-5-12(19)20)16-13-14(21)17-10-3-2-8(15)6-11(10)18(7)13/h2-3,6H,4-5H2,1H3,(H,17,21)(H,19,20). The first-order valence-electron chi connectivity index (χ1n) is 6.38. The number of H-pyrrole nitrogens is 1. The number of benzene rings is 1. The van der Waals surface area contributed by atoms with Crippen molar-refractivity contribution in [2.45, 2.75) is 19.8 Å². The predicted octanol–water partition coefficient (Wildman–Crippen LogP) is 2.15. The number of aliphatic carboxylic acids is 1. The summed E-state index contributed by atoms with van der Waals surface area (Å²) in [6.45, 7) is 1.82. The zero-order valence-corrected chi connectivity index (χ0v) is 11.9. The van der Waals surface area contributed by atoms with Gasteiger partial charge >= 0.3 is 5.97 Å². The number of carboxylic acids is 1. The molecule has 7 heteroatoms. The number of aromatic amines is 1. The number of rotatable bonds is 3. The van der Waals surface area contributed by atoms with Crippen molar-refractivity contribution in [3.05, 3.63) is 45.0 Å². The lowest BCUT2D eigenvalue weighted by molar-refractivity contribution is -0.136. The van der Waals surface area contributed by atoms with Crippen LogP contribution in [0.5, 0.6) is 0 Å². The molecule has 2 N–H and O–H groups in total. The molecule has 3 aromatic rings. The van der Waals surface area contributed by atoms with Gasteiger partial charge in [-0.3, -0.25) is 14.0 Å². The van der Waals surface area contributed by atoms with Crippen LogP contribution in [0.25, 0.3) is 16.7 Å². The minimum absolute atomic E-state index is 0.0265. The molecule has 0 radical (unpaired) electrons. The highest BCUT2D eigenvalue weighted by Gasteiger charge is 2.15. The maximum atomic E-state index is 12.1. The molecule has 0 saturated heterocycles. The molecule has 0 amide bonds. The Hall–Kier alpha value is -2.34. The first kappa shape index (κ1) is 13.6.